The first-order chi connectivity index (χ1) is 5.47. The van der Waals surface area contributed by atoms with Crippen LogP contribution in [0.1, 0.15) is 20.8 Å². The lowest BCUT2D eigenvalue weighted by molar-refractivity contribution is 0.0278. The Morgan fingerprint density at radius 1 is 1.58 bits per heavy atom. The molecule has 0 aromatic heterocycles. The Labute approximate surface area is 74.8 Å². The number of nitrogens with zero attached hydrogens (tertiary/aromatic N) is 1. The lowest BCUT2D eigenvalue weighted by Crippen LogP contribution is -2.52. The van der Waals surface area contributed by atoms with E-state index in [0.717, 1.165) is 26.2 Å². The zero-order valence-electron chi connectivity index (χ0n) is 8.30. The topological polar surface area (TPSA) is 35.5 Å². The molecule has 1 rings (SSSR count). The minimum absolute atomic E-state index is 0.557. The third kappa shape index (κ3) is 3.52. The molecule has 0 aliphatic carbocycles. The number of hydrogen-bond acceptors (Lipinski definition) is 3. The molecule has 0 saturated carbocycles. The van der Waals surface area contributed by atoms with Crippen LogP contribution in [0, 0.1) is 0 Å². The second kappa shape index (κ2) is 3.73. The normalized spacial score (nSPS) is 27.5. The molecule has 1 unspecified atom stereocenters. The van der Waals surface area contributed by atoms with Crippen LogP contribution in [-0.2, 0) is 0 Å². The highest BCUT2D eigenvalue weighted by atomic mass is 16.3. The van der Waals surface area contributed by atoms with E-state index in [1.807, 2.05) is 13.8 Å². The fourth-order valence-corrected chi connectivity index (χ4v) is 1.70. The number of rotatable bonds is 2. The molecular formula is C9H20N2O. The predicted octanol–water partition coefficient (Wildman–Crippen LogP) is 0.0510. The Kier molecular flexibility index (Phi) is 3.09. The number of nitrogens with one attached hydrogen (secondary N) is 1. The van der Waals surface area contributed by atoms with E-state index >= 15 is 0 Å². The highest BCUT2D eigenvalue weighted by Crippen LogP contribution is 2.07. The van der Waals surface area contributed by atoms with Gasteiger partial charge in [-0.2, -0.15) is 0 Å². The Morgan fingerprint density at radius 2 is 2.25 bits per heavy atom. The lowest BCUT2D eigenvalue weighted by Gasteiger charge is -2.35. The van der Waals surface area contributed by atoms with Crippen LogP contribution < -0.4 is 5.32 Å². The Morgan fingerprint density at radius 3 is 2.75 bits per heavy atom. The smallest absolute Gasteiger partial charge is 0.0718 e. The molecule has 0 bridgehead atoms. The Balaban J connectivity index is 2.32. The van der Waals surface area contributed by atoms with Gasteiger partial charge in [-0.1, -0.05) is 0 Å². The zero-order chi connectivity index (χ0) is 9.19. The van der Waals surface area contributed by atoms with Crippen LogP contribution in [0.5, 0.6) is 0 Å². The average Bonchev–Trinajstić information content (AvgIpc) is 1.82. The molecule has 0 aromatic rings. The summed E-state index contributed by atoms with van der Waals surface area (Å²) in [5.41, 5.74) is -0.558. The largest absolute Gasteiger partial charge is 0.389 e. The first-order valence-corrected chi connectivity index (χ1v) is 4.65. The average molecular weight is 172 g/mol. The van der Waals surface area contributed by atoms with E-state index in [2.05, 4.69) is 17.1 Å². The summed E-state index contributed by atoms with van der Waals surface area (Å²) in [5.74, 6) is 0. The van der Waals surface area contributed by atoms with Crippen molar-refractivity contribution < 1.29 is 5.11 Å². The van der Waals surface area contributed by atoms with Crippen molar-refractivity contribution in [3.63, 3.8) is 0 Å². The quantitative estimate of drug-likeness (QED) is 0.618. The van der Waals surface area contributed by atoms with E-state index in [9.17, 15) is 5.11 Å². The van der Waals surface area contributed by atoms with E-state index in [1.165, 1.54) is 0 Å². The number of hydrogen-bond donors (Lipinski definition) is 2. The summed E-state index contributed by atoms with van der Waals surface area (Å²) in [6.45, 7) is 9.81. The van der Waals surface area contributed by atoms with Crippen LogP contribution in [-0.4, -0.2) is 47.8 Å². The standard InChI is InChI=1S/C9H20N2O/c1-8-6-11(5-4-10-8)7-9(2,3)12/h8,10,12H,4-7H2,1-3H3. The van der Waals surface area contributed by atoms with Crippen LogP contribution >= 0.6 is 0 Å². The molecule has 1 fully saturated rings. The first kappa shape index (κ1) is 9.96. The summed E-state index contributed by atoms with van der Waals surface area (Å²) < 4.78 is 0. The Bertz CT molecular complexity index is 142. The second-order valence-corrected chi connectivity index (χ2v) is 4.40. The fraction of sp³-hybridized carbons (Fsp3) is 1.00. The monoisotopic (exact) mass is 172 g/mol. The molecule has 0 spiro atoms. The van der Waals surface area contributed by atoms with Crippen LogP contribution in [0.3, 0.4) is 0 Å². The molecule has 1 heterocycles. The highest BCUT2D eigenvalue weighted by Gasteiger charge is 2.21. The number of β-amino-alcohol motifs (C(OH)–C–C–N with tert-alkyl or cyclic N) is 1. The van der Waals surface area contributed by atoms with Crippen molar-refractivity contribution in [2.75, 3.05) is 26.2 Å². The molecule has 1 saturated heterocycles. The summed E-state index contributed by atoms with van der Waals surface area (Å²) in [6.07, 6.45) is 0. The minimum atomic E-state index is -0.558. The molecule has 1 atom stereocenters. The molecule has 72 valence electrons. The van der Waals surface area contributed by atoms with Crippen molar-refractivity contribution >= 4 is 0 Å². The van der Waals surface area contributed by atoms with Gasteiger partial charge in [0.05, 0.1) is 5.60 Å². The van der Waals surface area contributed by atoms with Crippen molar-refractivity contribution in [3.05, 3.63) is 0 Å². The van der Waals surface area contributed by atoms with Crippen molar-refractivity contribution in [2.24, 2.45) is 0 Å². The maximum atomic E-state index is 9.59. The van der Waals surface area contributed by atoms with Crippen molar-refractivity contribution in [1.82, 2.24) is 10.2 Å². The van der Waals surface area contributed by atoms with E-state index in [1.54, 1.807) is 0 Å². The van der Waals surface area contributed by atoms with Gasteiger partial charge in [0.1, 0.15) is 0 Å². The summed E-state index contributed by atoms with van der Waals surface area (Å²) >= 11 is 0. The van der Waals surface area contributed by atoms with Gasteiger partial charge in [0.2, 0.25) is 0 Å². The van der Waals surface area contributed by atoms with Crippen molar-refractivity contribution in [1.29, 1.82) is 0 Å². The molecule has 0 radical (unpaired) electrons. The summed E-state index contributed by atoms with van der Waals surface area (Å²) in [5, 5.41) is 13.0. The summed E-state index contributed by atoms with van der Waals surface area (Å²) in [7, 11) is 0. The lowest BCUT2D eigenvalue weighted by atomic mass is 10.1. The molecule has 1 aliphatic heterocycles. The molecular weight excluding hydrogens is 152 g/mol. The third-order valence-corrected chi connectivity index (χ3v) is 2.06. The maximum absolute atomic E-state index is 9.59. The molecule has 1 aliphatic rings. The first-order valence-electron chi connectivity index (χ1n) is 4.65. The Hall–Kier alpha value is -0.120. The fourth-order valence-electron chi connectivity index (χ4n) is 1.70. The molecule has 0 amide bonds. The molecule has 3 nitrogen and oxygen atoms in total. The van der Waals surface area contributed by atoms with Crippen molar-refractivity contribution in [3.8, 4) is 0 Å². The summed E-state index contributed by atoms with van der Waals surface area (Å²) in [4.78, 5) is 2.31. The number of aliphatic hydroxyl groups is 1. The van der Waals surface area contributed by atoms with Crippen LogP contribution in [0.15, 0.2) is 0 Å². The van der Waals surface area contributed by atoms with Gasteiger partial charge in [0, 0.05) is 32.2 Å². The molecule has 0 aromatic carbocycles. The second-order valence-electron chi connectivity index (χ2n) is 4.40. The van der Waals surface area contributed by atoms with Gasteiger partial charge >= 0.3 is 0 Å². The highest BCUT2D eigenvalue weighted by molar-refractivity contribution is 4.79. The van der Waals surface area contributed by atoms with Gasteiger partial charge < -0.3 is 10.4 Å². The van der Waals surface area contributed by atoms with E-state index in [4.69, 9.17) is 0 Å². The van der Waals surface area contributed by atoms with Gasteiger partial charge in [-0.15, -0.1) is 0 Å². The third-order valence-electron chi connectivity index (χ3n) is 2.06. The molecule has 2 N–H and O–H groups in total. The van der Waals surface area contributed by atoms with E-state index < -0.39 is 5.60 Å². The van der Waals surface area contributed by atoms with Gasteiger partial charge in [-0.05, 0) is 20.8 Å². The van der Waals surface area contributed by atoms with Gasteiger partial charge in [0.15, 0.2) is 0 Å². The van der Waals surface area contributed by atoms with Gasteiger partial charge in [-0.25, -0.2) is 0 Å². The zero-order valence-corrected chi connectivity index (χ0v) is 8.30. The minimum Gasteiger partial charge on any atom is -0.389 e. The van der Waals surface area contributed by atoms with Crippen molar-refractivity contribution in [2.45, 2.75) is 32.4 Å². The van der Waals surface area contributed by atoms with Gasteiger partial charge in [0.25, 0.3) is 0 Å². The predicted molar refractivity (Wildman–Crippen MR) is 50.2 cm³/mol. The molecule has 3 heteroatoms. The number of piperazine rings is 1. The van der Waals surface area contributed by atoms with Crippen LogP contribution in [0.25, 0.3) is 0 Å². The summed E-state index contributed by atoms with van der Waals surface area (Å²) in [6, 6.07) is 0.557. The van der Waals surface area contributed by atoms with Crippen LogP contribution in [0.2, 0.25) is 0 Å². The SMILES string of the molecule is CC1CN(CC(C)(C)O)CCN1. The van der Waals surface area contributed by atoms with Gasteiger partial charge in [-0.3, -0.25) is 4.90 Å². The van der Waals surface area contributed by atoms with E-state index in [-0.39, 0.29) is 0 Å². The van der Waals surface area contributed by atoms with E-state index in [0.29, 0.717) is 6.04 Å². The van der Waals surface area contributed by atoms with Crippen LogP contribution in [0.4, 0.5) is 0 Å². The maximum Gasteiger partial charge on any atom is 0.0718 e. The molecule has 12 heavy (non-hydrogen) atoms.